The molecule has 0 aliphatic heterocycles. The van der Waals surface area contributed by atoms with E-state index in [1.54, 1.807) is 13.1 Å². The molecule has 1 heterocycles. The van der Waals surface area contributed by atoms with Crippen molar-refractivity contribution in [3.63, 3.8) is 0 Å². The Morgan fingerprint density at radius 2 is 2.04 bits per heavy atom. The number of phenols is 1. The SMILES string of the molecule is Cn1nnnc1S[C@H](C(=O)Nc1cc(Cl)ccc1O)c1ccccc1. The summed E-state index contributed by atoms with van der Waals surface area (Å²) in [4.78, 5) is 12.9. The predicted molar refractivity (Wildman–Crippen MR) is 95.6 cm³/mol. The molecule has 1 atom stereocenters. The predicted octanol–water partition coefficient (Wildman–Crippen LogP) is 3.04. The summed E-state index contributed by atoms with van der Waals surface area (Å²) in [5, 5.41) is 24.2. The maximum Gasteiger partial charge on any atom is 0.242 e. The number of aryl methyl sites for hydroxylation is 1. The molecule has 1 amide bonds. The number of aromatic nitrogens is 4. The Balaban J connectivity index is 1.89. The summed E-state index contributed by atoms with van der Waals surface area (Å²) in [6.07, 6.45) is 0. The van der Waals surface area contributed by atoms with Crippen molar-refractivity contribution >= 4 is 35.0 Å². The number of carbonyl (C=O) groups is 1. The number of anilines is 1. The molecule has 0 saturated carbocycles. The van der Waals surface area contributed by atoms with Gasteiger partial charge in [-0.1, -0.05) is 53.7 Å². The van der Waals surface area contributed by atoms with Crippen molar-refractivity contribution < 1.29 is 9.90 Å². The Labute approximate surface area is 153 Å². The molecule has 3 aromatic rings. The monoisotopic (exact) mass is 375 g/mol. The zero-order valence-electron chi connectivity index (χ0n) is 13.1. The van der Waals surface area contributed by atoms with E-state index in [-0.39, 0.29) is 17.3 Å². The van der Waals surface area contributed by atoms with Crippen molar-refractivity contribution in [1.29, 1.82) is 0 Å². The first-order chi connectivity index (χ1) is 12.0. The highest BCUT2D eigenvalue weighted by molar-refractivity contribution is 8.00. The Kier molecular flexibility index (Phi) is 5.20. The van der Waals surface area contributed by atoms with Crippen molar-refractivity contribution in [2.75, 3.05) is 5.32 Å². The van der Waals surface area contributed by atoms with Gasteiger partial charge in [-0.05, 0) is 34.2 Å². The fourth-order valence-electron chi connectivity index (χ4n) is 2.13. The van der Waals surface area contributed by atoms with E-state index in [9.17, 15) is 9.90 Å². The number of halogens is 1. The fraction of sp³-hybridized carbons (Fsp3) is 0.125. The second-order valence-corrected chi connectivity index (χ2v) is 6.65. The molecule has 0 unspecified atom stereocenters. The average molecular weight is 376 g/mol. The lowest BCUT2D eigenvalue weighted by Crippen LogP contribution is -2.19. The molecular formula is C16H14ClN5O2S. The lowest BCUT2D eigenvalue weighted by atomic mass is 10.1. The van der Waals surface area contributed by atoms with Crippen LogP contribution < -0.4 is 5.32 Å². The van der Waals surface area contributed by atoms with Crippen molar-refractivity contribution in [1.82, 2.24) is 20.2 Å². The number of amides is 1. The van der Waals surface area contributed by atoms with Crippen molar-refractivity contribution in [3.05, 3.63) is 59.1 Å². The first kappa shape index (κ1) is 17.2. The molecule has 0 bridgehead atoms. The van der Waals surface area contributed by atoms with Crippen LogP contribution in [0, 0.1) is 0 Å². The van der Waals surface area contributed by atoms with Gasteiger partial charge in [0.2, 0.25) is 11.1 Å². The molecule has 1 aromatic heterocycles. The maximum atomic E-state index is 12.9. The summed E-state index contributed by atoms with van der Waals surface area (Å²) in [5.74, 6) is -0.383. The van der Waals surface area contributed by atoms with Crippen LogP contribution in [0.2, 0.25) is 5.02 Å². The summed E-state index contributed by atoms with van der Waals surface area (Å²) in [6.45, 7) is 0. The molecule has 0 saturated heterocycles. The van der Waals surface area contributed by atoms with E-state index in [0.717, 1.165) is 5.56 Å². The molecule has 9 heteroatoms. The van der Waals surface area contributed by atoms with Gasteiger partial charge in [-0.25, -0.2) is 4.68 Å². The summed E-state index contributed by atoms with van der Waals surface area (Å²) in [5.41, 5.74) is 1.03. The Morgan fingerprint density at radius 1 is 1.28 bits per heavy atom. The molecule has 2 N–H and O–H groups in total. The number of tetrazole rings is 1. The minimum atomic E-state index is -0.607. The third-order valence-corrected chi connectivity index (χ3v) is 4.88. The fourth-order valence-corrected chi connectivity index (χ4v) is 3.25. The van der Waals surface area contributed by atoms with E-state index in [4.69, 9.17) is 11.6 Å². The van der Waals surface area contributed by atoms with Gasteiger partial charge in [-0.3, -0.25) is 4.79 Å². The molecule has 0 aliphatic rings. The quantitative estimate of drug-likeness (QED) is 0.526. The summed E-state index contributed by atoms with van der Waals surface area (Å²) in [6, 6.07) is 13.7. The van der Waals surface area contributed by atoms with Gasteiger partial charge in [-0.15, -0.1) is 5.10 Å². The van der Waals surface area contributed by atoms with Crippen LogP contribution in [0.1, 0.15) is 10.8 Å². The molecule has 0 fully saturated rings. The van der Waals surface area contributed by atoms with Crippen LogP contribution in [0.4, 0.5) is 5.69 Å². The average Bonchev–Trinajstić information content (AvgIpc) is 3.01. The second-order valence-electron chi connectivity index (χ2n) is 5.14. The highest BCUT2D eigenvalue weighted by Crippen LogP contribution is 2.36. The van der Waals surface area contributed by atoms with E-state index < -0.39 is 5.25 Å². The van der Waals surface area contributed by atoms with Crippen molar-refractivity contribution in [2.45, 2.75) is 10.4 Å². The van der Waals surface area contributed by atoms with Gasteiger partial charge < -0.3 is 10.4 Å². The van der Waals surface area contributed by atoms with Crippen LogP contribution in [0.3, 0.4) is 0 Å². The highest BCUT2D eigenvalue weighted by atomic mass is 35.5. The molecule has 7 nitrogen and oxygen atoms in total. The number of hydrogen-bond acceptors (Lipinski definition) is 6. The first-order valence-corrected chi connectivity index (χ1v) is 8.53. The molecule has 0 radical (unpaired) electrons. The third kappa shape index (κ3) is 4.09. The van der Waals surface area contributed by atoms with Crippen LogP contribution in [-0.2, 0) is 11.8 Å². The number of carbonyl (C=O) groups excluding carboxylic acids is 1. The van der Waals surface area contributed by atoms with Gasteiger partial charge in [0.15, 0.2) is 0 Å². The number of hydrogen-bond donors (Lipinski definition) is 2. The smallest absolute Gasteiger partial charge is 0.242 e. The van der Waals surface area contributed by atoms with Crippen molar-refractivity contribution in [2.24, 2.45) is 7.05 Å². The Morgan fingerprint density at radius 3 is 2.72 bits per heavy atom. The molecule has 128 valence electrons. The van der Waals surface area contributed by atoms with Crippen LogP contribution >= 0.6 is 23.4 Å². The van der Waals surface area contributed by atoms with Gasteiger partial charge in [0.1, 0.15) is 11.0 Å². The normalized spacial score (nSPS) is 11.9. The summed E-state index contributed by atoms with van der Waals surface area (Å²) in [7, 11) is 1.70. The van der Waals surface area contributed by atoms with Gasteiger partial charge >= 0.3 is 0 Å². The maximum absolute atomic E-state index is 12.9. The van der Waals surface area contributed by atoms with E-state index in [1.165, 1.54) is 28.6 Å². The number of rotatable bonds is 5. The minimum absolute atomic E-state index is 0.0603. The first-order valence-electron chi connectivity index (χ1n) is 7.28. The zero-order chi connectivity index (χ0) is 17.8. The van der Waals surface area contributed by atoms with Gasteiger partial charge in [0.05, 0.1) is 5.69 Å². The van der Waals surface area contributed by atoms with Gasteiger partial charge in [0, 0.05) is 12.1 Å². The third-order valence-electron chi connectivity index (χ3n) is 3.36. The topological polar surface area (TPSA) is 92.9 Å². The lowest BCUT2D eigenvalue weighted by Gasteiger charge is -2.16. The standard InChI is InChI=1S/C16H14ClN5O2S/c1-22-16(19-20-21-22)25-14(10-5-3-2-4-6-10)15(24)18-12-9-11(17)7-8-13(12)23/h2-9,14,23H,1H3,(H,18,24)/t14-/m0/s1. The van der Waals surface area contributed by atoms with Crippen LogP contribution in [0.25, 0.3) is 0 Å². The number of phenolic OH excluding ortho intramolecular Hbond substituents is 1. The van der Waals surface area contributed by atoms with E-state index in [1.807, 2.05) is 30.3 Å². The second kappa shape index (κ2) is 7.54. The molecular weight excluding hydrogens is 362 g/mol. The highest BCUT2D eigenvalue weighted by Gasteiger charge is 2.25. The van der Waals surface area contributed by atoms with E-state index >= 15 is 0 Å². The molecule has 0 spiro atoms. The molecule has 25 heavy (non-hydrogen) atoms. The number of nitrogens with zero attached hydrogens (tertiary/aromatic N) is 4. The van der Waals surface area contributed by atoms with Crippen LogP contribution in [0.5, 0.6) is 5.75 Å². The Bertz CT molecular complexity index is 887. The number of aromatic hydroxyl groups is 1. The Hall–Kier alpha value is -2.58. The van der Waals surface area contributed by atoms with Crippen LogP contribution in [0.15, 0.2) is 53.7 Å². The van der Waals surface area contributed by atoms with E-state index in [2.05, 4.69) is 20.8 Å². The molecule has 2 aromatic carbocycles. The summed E-state index contributed by atoms with van der Waals surface area (Å²) >= 11 is 7.15. The van der Waals surface area contributed by atoms with Gasteiger partial charge in [0.25, 0.3) is 0 Å². The van der Waals surface area contributed by atoms with Gasteiger partial charge in [-0.2, -0.15) is 0 Å². The zero-order valence-corrected chi connectivity index (χ0v) is 14.7. The number of benzene rings is 2. The van der Waals surface area contributed by atoms with E-state index in [0.29, 0.717) is 10.2 Å². The number of thioether (sulfide) groups is 1. The van der Waals surface area contributed by atoms with Crippen LogP contribution in [-0.4, -0.2) is 31.2 Å². The molecule has 3 rings (SSSR count). The summed E-state index contributed by atoms with van der Waals surface area (Å²) < 4.78 is 1.49. The van der Waals surface area contributed by atoms with Crippen molar-refractivity contribution in [3.8, 4) is 5.75 Å². The minimum Gasteiger partial charge on any atom is -0.506 e. The largest absolute Gasteiger partial charge is 0.506 e. The molecule has 0 aliphatic carbocycles. The lowest BCUT2D eigenvalue weighted by molar-refractivity contribution is -0.115. The number of nitrogens with one attached hydrogen (secondary N) is 1.